The molecule has 6 nitrogen and oxygen atoms in total. The summed E-state index contributed by atoms with van der Waals surface area (Å²) in [7, 11) is 0. The van der Waals surface area contributed by atoms with E-state index in [0.717, 1.165) is 0 Å². The van der Waals surface area contributed by atoms with Crippen molar-refractivity contribution in [3.05, 3.63) is 0 Å². The third kappa shape index (κ3) is 531. The van der Waals surface area contributed by atoms with Crippen molar-refractivity contribution >= 4 is 668 Å². The van der Waals surface area contributed by atoms with Gasteiger partial charge in [0.25, 0.3) is 0 Å². The molecule has 0 saturated heterocycles. The Bertz CT molecular complexity index is 246. The Morgan fingerprint density at radius 3 is 0.163 bits per heavy atom. The van der Waals surface area contributed by atoms with Crippen molar-refractivity contribution in [1.29, 1.82) is 0 Å². The van der Waals surface area contributed by atoms with Gasteiger partial charge in [-0.2, -0.15) is 0 Å². The fraction of sp³-hybridized carbons (Fsp3) is 1.00. The quantitative estimate of drug-likeness (QED) is 0.139. The van der Waals surface area contributed by atoms with Crippen LogP contribution in [-0.2, 0) is 0 Å². The maximum absolute atomic E-state index is 8.52. The maximum atomic E-state index is 8.52. The van der Waals surface area contributed by atoms with Gasteiger partial charge in [0.15, 0.2) is 0 Å². The molecule has 0 fully saturated rings. The summed E-state index contributed by atoms with van der Waals surface area (Å²) in [4.78, 5) is 0. The fourth-order valence-corrected chi connectivity index (χ4v) is 0. The molecular weight excluding hydrogens is 893 g/mol. The van der Waals surface area contributed by atoms with E-state index in [1.165, 1.54) is 0 Å². The van der Waals surface area contributed by atoms with Gasteiger partial charge in [-0.3, -0.25) is 0 Å². The van der Waals surface area contributed by atoms with Gasteiger partial charge in [-0.05, 0) is 125 Å². The van der Waals surface area contributed by atoms with Gasteiger partial charge in [0.1, 0.15) is 0 Å². The Hall–Kier alpha value is 21.0. The van der Waals surface area contributed by atoms with E-state index < -0.39 is 33.6 Å². The van der Waals surface area contributed by atoms with Gasteiger partial charge < -0.3 is 30.6 Å². The molecule has 0 heterocycles. The minimum absolute atomic E-state index is 0. The Balaban J connectivity index is -0.00000000892. The molecule has 0 aliphatic heterocycles. The predicted octanol–water partition coefficient (Wildman–Crippen LogP) is -3.77. The molecule has 0 atom stereocenters. The number of aliphatic hydroxyl groups is 6. The van der Waals surface area contributed by atoms with E-state index in [0.29, 0.717) is 0 Å². The van der Waals surface area contributed by atoms with Crippen molar-refractivity contribution in [3.63, 3.8) is 0 Å². The van der Waals surface area contributed by atoms with Crippen LogP contribution in [0.15, 0.2) is 0 Å². The van der Waals surface area contributed by atoms with Gasteiger partial charge in [-0.25, -0.2) is 0 Å². The first kappa shape index (κ1) is 125. The van der Waals surface area contributed by atoms with Crippen LogP contribution in [0.3, 0.4) is 0 Å². The SMILES string of the molecule is CC(C)(C)O.CC(C)(C)O.CC(C)(C)O.CC(C)(C)O.CC(C)(C)O.CC(C)(C)O.[KH].[KH].[KH].[KH].[KH].[KH].[KH].[KH].[KH].[KH].[KH].[KH].[KH]. The number of hydrogen-bond donors (Lipinski definition) is 6. The van der Waals surface area contributed by atoms with E-state index in [1.54, 1.807) is 125 Å². The molecule has 43 heavy (non-hydrogen) atoms. The van der Waals surface area contributed by atoms with E-state index in [2.05, 4.69) is 0 Å². The van der Waals surface area contributed by atoms with E-state index in [1.807, 2.05) is 0 Å². The molecule has 0 amide bonds. The molecule has 0 aliphatic carbocycles. The molecule has 0 spiro atoms. The number of hydrogen-bond acceptors (Lipinski definition) is 6. The Morgan fingerprint density at radius 1 is 0.163 bits per heavy atom. The molecule has 0 rings (SSSR count). The molecule has 0 aromatic carbocycles. The molecule has 0 aliphatic rings. The molecule has 6 N–H and O–H groups in total. The molecule has 0 unspecified atom stereocenters. The van der Waals surface area contributed by atoms with Crippen molar-refractivity contribution in [2.75, 3.05) is 0 Å². The van der Waals surface area contributed by atoms with Crippen LogP contribution in [0.25, 0.3) is 0 Å². The first-order chi connectivity index (χ1) is 12.0. The first-order valence-electron chi connectivity index (χ1n) is 10.3. The van der Waals surface area contributed by atoms with Crippen LogP contribution in [-0.4, -0.2) is 732 Å². The van der Waals surface area contributed by atoms with Gasteiger partial charge in [-0.15, -0.1) is 0 Å². The molecule has 0 bridgehead atoms. The second-order valence-corrected chi connectivity index (χ2v) is 13.0. The third-order valence-corrected chi connectivity index (χ3v) is 0. The molecule has 0 aromatic rings. The van der Waals surface area contributed by atoms with Crippen LogP contribution >= 0.6 is 0 Å². The summed E-state index contributed by atoms with van der Waals surface area (Å²) in [5, 5.41) is 51.1. The van der Waals surface area contributed by atoms with Crippen LogP contribution in [0.1, 0.15) is 125 Å². The Kier molecular flexibility index (Phi) is 218. The molecule has 0 saturated carbocycles. The first-order valence-corrected chi connectivity index (χ1v) is 10.3. The standard InChI is InChI=1S/6C4H10O.13K.13H/c6*1-4(2,3)5;;;;;;;;;;;;;;;;;;;;;;;;;;/h6*5H,1-3H3;;;;;;;;;;;;;;;;;;;;;;;;;;. The molecule has 218 valence electrons. The van der Waals surface area contributed by atoms with Gasteiger partial charge in [0, 0.05) is 0 Å². The van der Waals surface area contributed by atoms with Gasteiger partial charge in [0.2, 0.25) is 0 Å². The van der Waals surface area contributed by atoms with E-state index in [-0.39, 0.29) is 668 Å². The molecule has 0 radical (unpaired) electrons. The molecular formula is C24H73K13O6. The topological polar surface area (TPSA) is 121 Å². The van der Waals surface area contributed by atoms with E-state index in [4.69, 9.17) is 30.6 Å². The average molecular weight is 966 g/mol. The van der Waals surface area contributed by atoms with Crippen LogP contribution in [0.5, 0.6) is 0 Å². The fourth-order valence-electron chi connectivity index (χ4n) is 0. The van der Waals surface area contributed by atoms with Crippen LogP contribution in [0.2, 0.25) is 0 Å². The normalized spacial score (nSPS) is 8.37. The average Bonchev–Trinajstić information content (AvgIpc) is 1.94. The van der Waals surface area contributed by atoms with Gasteiger partial charge in [0.05, 0.1) is 33.6 Å². The van der Waals surface area contributed by atoms with Crippen molar-refractivity contribution in [1.82, 2.24) is 0 Å². The monoisotopic (exact) mass is 964 g/mol. The predicted molar refractivity (Wildman–Crippen MR) is 225 cm³/mol. The summed E-state index contributed by atoms with van der Waals surface area (Å²) in [6, 6.07) is 0. The number of rotatable bonds is 0. The summed E-state index contributed by atoms with van der Waals surface area (Å²) in [5.41, 5.74) is -3.00. The Morgan fingerprint density at radius 2 is 0.163 bits per heavy atom. The summed E-state index contributed by atoms with van der Waals surface area (Å²) < 4.78 is 0. The summed E-state index contributed by atoms with van der Waals surface area (Å²) in [6.07, 6.45) is 0. The molecule has 19 heteroatoms. The summed E-state index contributed by atoms with van der Waals surface area (Å²) in [6.45, 7) is 31.4. The van der Waals surface area contributed by atoms with Crippen molar-refractivity contribution in [2.45, 2.75) is 158 Å². The van der Waals surface area contributed by atoms with Crippen LogP contribution in [0.4, 0.5) is 0 Å². The van der Waals surface area contributed by atoms with E-state index in [9.17, 15) is 0 Å². The second kappa shape index (κ2) is 74.6. The van der Waals surface area contributed by atoms with Crippen molar-refractivity contribution in [2.24, 2.45) is 0 Å². The minimum atomic E-state index is -0.500. The summed E-state index contributed by atoms with van der Waals surface area (Å²) in [5.74, 6) is 0. The zero-order valence-corrected chi connectivity index (χ0v) is 23.7. The van der Waals surface area contributed by atoms with Gasteiger partial charge in [-0.1, -0.05) is 0 Å². The van der Waals surface area contributed by atoms with Crippen LogP contribution in [0, 0.1) is 0 Å². The van der Waals surface area contributed by atoms with Crippen LogP contribution < -0.4 is 0 Å². The summed E-state index contributed by atoms with van der Waals surface area (Å²) >= 11 is 0. The third-order valence-electron chi connectivity index (χ3n) is 0. The second-order valence-electron chi connectivity index (χ2n) is 13.0. The van der Waals surface area contributed by atoms with Crippen molar-refractivity contribution < 1.29 is 30.6 Å². The van der Waals surface area contributed by atoms with Crippen molar-refractivity contribution in [3.8, 4) is 0 Å². The van der Waals surface area contributed by atoms with E-state index >= 15 is 0 Å². The van der Waals surface area contributed by atoms with Gasteiger partial charge >= 0.3 is 668 Å². The zero-order chi connectivity index (χ0) is 27.0. The molecule has 0 aromatic heterocycles. The Labute approximate surface area is 825 Å². The zero-order valence-electron chi connectivity index (χ0n) is 23.7.